The minimum Gasteiger partial charge on any atom is -0.434 e. The van der Waals surface area contributed by atoms with E-state index in [1.807, 2.05) is 97.1 Å². The van der Waals surface area contributed by atoms with Gasteiger partial charge in [0.25, 0.3) is 0 Å². The van der Waals surface area contributed by atoms with Crippen LogP contribution in [0.3, 0.4) is 0 Å². The van der Waals surface area contributed by atoms with Gasteiger partial charge < -0.3 is 8.98 Å². The van der Waals surface area contributed by atoms with Crippen molar-refractivity contribution >= 4 is 32.9 Å². The van der Waals surface area contributed by atoms with E-state index in [4.69, 9.17) is 24.4 Å². The minimum absolute atomic E-state index is 0.596. The Hall–Kier alpha value is -7.18. The van der Waals surface area contributed by atoms with Crippen molar-refractivity contribution in [2.24, 2.45) is 0 Å². The van der Waals surface area contributed by atoms with E-state index in [0.717, 1.165) is 66.4 Å². The number of fused-ring (bicyclic) bond motifs is 5. The molecule has 3 heterocycles. The Balaban J connectivity index is 1.16. The lowest BCUT2D eigenvalue weighted by molar-refractivity contribution is 0.622. The molecule has 0 spiro atoms. The second-order valence-electron chi connectivity index (χ2n) is 12.7. The third-order valence-electron chi connectivity index (χ3n) is 9.49. The molecule has 7 aromatic carbocycles. The van der Waals surface area contributed by atoms with Crippen molar-refractivity contribution in [3.05, 3.63) is 176 Å². The third-order valence-corrected chi connectivity index (χ3v) is 9.49. The Morgan fingerprint density at radius 2 is 0.885 bits per heavy atom. The van der Waals surface area contributed by atoms with Crippen molar-refractivity contribution in [3.63, 3.8) is 0 Å². The minimum atomic E-state index is 0.596. The lowest BCUT2D eigenvalue weighted by Crippen LogP contribution is -2.00. The normalized spacial score (nSPS) is 11.5. The topological polar surface area (TPSA) is 69.6 Å². The van der Waals surface area contributed by atoms with E-state index in [2.05, 4.69) is 83.4 Å². The first-order valence-corrected chi connectivity index (χ1v) is 17.2. The quantitative estimate of drug-likeness (QED) is 0.176. The van der Waals surface area contributed by atoms with Crippen molar-refractivity contribution in [2.75, 3.05) is 0 Å². The summed E-state index contributed by atoms with van der Waals surface area (Å²) in [4.78, 5) is 19.7. The van der Waals surface area contributed by atoms with Crippen molar-refractivity contribution in [1.29, 1.82) is 0 Å². The summed E-state index contributed by atoms with van der Waals surface area (Å²) in [5, 5.41) is 2.23. The Morgan fingerprint density at radius 1 is 0.385 bits per heavy atom. The Kier molecular flexibility index (Phi) is 7.03. The fraction of sp³-hybridized carbons (Fsp3) is 0. The first-order valence-electron chi connectivity index (χ1n) is 17.2. The highest BCUT2D eigenvalue weighted by Gasteiger charge is 2.20. The number of hydrogen-bond donors (Lipinski definition) is 0. The standard InChI is InChI=1S/C46H29N5O/c1-5-13-30(14-6-1)35-23-28-40-38(29-35)37-26-27-39-42(52-46(47-39)34-19-11-4-12-20-34)41(37)51(40)36-24-21-33(22-25-36)45-49-43(31-15-7-2-8-16-31)48-44(50-45)32-17-9-3-10-18-32/h1-29H. The molecule has 0 fully saturated rings. The monoisotopic (exact) mass is 667 g/mol. The van der Waals surface area contributed by atoms with Crippen molar-refractivity contribution in [3.8, 4) is 62.4 Å². The number of benzene rings is 7. The van der Waals surface area contributed by atoms with Crippen LogP contribution in [0.4, 0.5) is 0 Å². The molecule has 0 saturated carbocycles. The van der Waals surface area contributed by atoms with Crippen molar-refractivity contribution < 1.29 is 4.42 Å². The molecule has 0 amide bonds. The van der Waals surface area contributed by atoms with E-state index in [1.54, 1.807) is 0 Å². The molecule has 0 bridgehead atoms. The summed E-state index contributed by atoms with van der Waals surface area (Å²) in [6, 6.07) is 59.9. The molecule has 0 unspecified atom stereocenters. The maximum Gasteiger partial charge on any atom is 0.227 e. The van der Waals surface area contributed by atoms with Crippen LogP contribution in [0.5, 0.6) is 0 Å². The first-order chi connectivity index (χ1) is 25.8. The second-order valence-corrected chi connectivity index (χ2v) is 12.7. The number of aromatic nitrogens is 5. The first kappa shape index (κ1) is 29.7. The molecule has 10 aromatic rings. The van der Waals surface area contributed by atoms with Gasteiger partial charge in [-0.05, 0) is 71.8 Å². The molecular formula is C46H29N5O. The molecule has 0 saturated heterocycles. The van der Waals surface area contributed by atoms with Gasteiger partial charge in [-0.15, -0.1) is 0 Å². The molecule has 0 aliphatic rings. The lowest BCUT2D eigenvalue weighted by atomic mass is 10.0. The molecule has 244 valence electrons. The summed E-state index contributed by atoms with van der Waals surface area (Å²) in [7, 11) is 0. The number of rotatable bonds is 6. The highest BCUT2D eigenvalue weighted by atomic mass is 16.3. The average molecular weight is 668 g/mol. The van der Waals surface area contributed by atoms with E-state index in [-0.39, 0.29) is 0 Å². The summed E-state index contributed by atoms with van der Waals surface area (Å²) < 4.78 is 8.90. The van der Waals surface area contributed by atoms with Gasteiger partial charge in [0.15, 0.2) is 23.1 Å². The van der Waals surface area contributed by atoms with Gasteiger partial charge >= 0.3 is 0 Å². The van der Waals surface area contributed by atoms with Crippen molar-refractivity contribution in [1.82, 2.24) is 24.5 Å². The molecular weight excluding hydrogens is 639 g/mol. The van der Waals surface area contributed by atoms with Gasteiger partial charge in [-0.3, -0.25) is 0 Å². The molecule has 0 atom stereocenters. The van der Waals surface area contributed by atoms with E-state index < -0.39 is 0 Å². The third kappa shape index (κ3) is 5.13. The van der Waals surface area contributed by atoms with Gasteiger partial charge in [0.2, 0.25) is 5.89 Å². The van der Waals surface area contributed by atoms with Crippen LogP contribution in [0.25, 0.3) is 95.3 Å². The summed E-state index contributed by atoms with van der Waals surface area (Å²) >= 11 is 0. The van der Waals surface area contributed by atoms with E-state index in [0.29, 0.717) is 23.4 Å². The van der Waals surface area contributed by atoms with Crippen LogP contribution < -0.4 is 0 Å². The van der Waals surface area contributed by atoms with Gasteiger partial charge in [-0.25, -0.2) is 19.9 Å². The lowest BCUT2D eigenvalue weighted by Gasteiger charge is -2.11. The summed E-state index contributed by atoms with van der Waals surface area (Å²) in [6.45, 7) is 0. The molecule has 52 heavy (non-hydrogen) atoms. The molecule has 0 aliphatic heterocycles. The van der Waals surface area contributed by atoms with Crippen LogP contribution in [0.2, 0.25) is 0 Å². The van der Waals surface area contributed by atoms with Crippen molar-refractivity contribution in [2.45, 2.75) is 0 Å². The molecule has 6 nitrogen and oxygen atoms in total. The number of hydrogen-bond acceptors (Lipinski definition) is 5. The van der Waals surface area contributed by atoms with Crippen LogP contribution in [0.1, 0.15) is 0 Å². The highest BCUT2D eigenvalue weighted by molar-refractivity contribution is 6.17. The van der Waals surface area contributed by atoms with E-state index in [1.165, 1.54) is 5.56 Å². The maximum atomic E-state index is 6.62. The predicted molar refractivity (Wildman–Crippen MR) is 209 cm³/mol. The van der Waals surface area contributed by atoms with Crippen LogP contribution >= 0.6 is 0 Å². The zero-order valence-electron chi connectivity index (χ0n) is 27.9. The molecule has 0 radical (unpaired) electrons. The second kappa shape index (κ2) is 12.3. The molecule has 6 heteroatoms. The summed E-state index contributed by atoms with van der Waals surface area (Å²) in [5.74, 6) is 2.47. The molecule has 3 aromatic heterocycles. The van der Waals surface area contributed by atoms with Crippen LogP contribution in [-0.2, 0) is 0 Å². The highest BCUT2D eigenvalue weighted by Crippen LogP contribution is 2.40. The van der Waals surface area contributed by atoms with Gasteiger partial charge in [0, 0.05) is 38.7 Å². The predicted octanol–water partition coefficient (Wildman–Crippen LogP) is 11.4. The van der Waals surface area contributed by atoms with Gasteiger partial charge in [-0.1, -0.05) is 115 Å². The number of oxazole rings is 1. The Bertz CT molecular complexity index is 2770. The maximum absolute atomic E-state index is 6.62. The van der Waals surface area contributed by atoms with Gasteiger partial charge in [0.05, 0.1) is 11.0 Å². The van der Waals surface area contributed by atoms with Gasteiger partial charge in [-0.2, -0.15) is 0 Å². The molecule has 0 aliphatic carbocycles. The fourth-order valence-corrected chi connectivity index (χ4v) is 6.96. The fourth-order valence-electron chi connectivity index (χ4n) is 6.96. The van der Waals surface area contributed by atoms with Crippen LogP contribution in [-0.4, -0.2) is 24.5 Å². The molecule has 10 rings (SSSR count). The van der Waals surface area contributed by atoms with E-state index >= 15 is 0 Å². The summed E-state index contributed by atoms with van der Waals surface area (Å²) in [5.41, 5.74) is 10.6. The van der Waals surface area contributed by atoms with Crippen LogP contribution in [0.15, 0.2) is 180 Å². The Morgan fingerprint density at radius 3 is 1.46 bits per heavy atom. The Labute approximate surface area is 299 Å². The van der Waals surface area contributed by atoms with Crippen LogP contribution in [0, 0.1) is 0 Å². The zero-order valence-corrected chi connectivity index (χ0v) is 27.9. The zero-order chi connectivity index (χ0) is 34.4. The van der Waals surface area contributed by atoms with Gasteiger partial charge in [0.1, 0.15) is 5.52 Å². The average Bonchev–Trinajstić information content (AvgIpc) is 3.82. The van der Waals surface area contributed by atoms with E-state index in [9.17, 15) is 0 Å². The SMILES string of the molecule is c1ccc(-c2ccc3c(c2)c2ccc4nc(-c5ccccc5)oc4c2n3-c2ccc(-c3nc(-c4ccccc4)nc(-c4ccccc4)n3)cc2)cc1. The molecule has 0 N–H and O–H groups in total. The smallest absolute Gasteiger partial charge is 0.227 e. The summed E-state index contributed by atoms with van der Waals surface area (Å²) in [6.07, 6.45) is 0. The largest absolute Gasteiger partial charge is 0.434 e. The number of nitrogens with zero attached hydrogens (tertiary/aromatic N) is 5.